The molecule has 5 heteroatoms. The molecule has 2 rings (SSSR count). The van der Waals surface area contributed by atoms with E-state index >= 15 is 0 Å². The lowest BCUT2D eigenvalue weighted by atomic mass is 9.76. The minimum Gasteiger partial charge on any atom is -0.394 e. The minimum absolute atomic E-state index is 0.0354. The van der Waals surface area contributed by atoms with Crippen LogP contribution in [0.3, 0.4) is 0 Å². The zero-order chi connectivity index (χ0) is 16.0. The topological polar surface area (TPSA) is 74.2 Å². The Morgan fingerprint density at radius 2 is 2.18 bits per heavy atom. The van der Waals surface area contributed by atoms with Crippen LogP contribution in [0.1, 0.15) is 57.6 Å². The second kappa shape index (κ2) is 7.58. The van der Waals surface area contributed by atoms with Gasteiger partial charge in [-0.05, 0) is 44.2 Å². The summed E-state index contributed by atoms with van der Waals surface area (Å²) in [7, 11) is 0. The van der Waals surface area contributed by atoms with Crippen LogP contribution in [0.25, 0.3) is 0 Å². The predicted octanol–water partition coefficient (Wildman–Crippen LogP) is 2.77. The third-order valence-electron chi connectivity index (χ3n) is 4.77. The molecule has 1 saturated carbocycles. The summed E-state index contributed by atoms with van der Waals surface area (Å²) in [5.74, 6) is 0.339. The molecule has 1 aliphatic carbocycles. The van der Waals surface area contributed by atoms with Gasteiger partial charge in [0, 0.05) is 12.4 Å². The highest BCUT2D eigenvalue weighted by molar-refractivity contribution is 5.75. The molecule has 5 nitrogen and oxygen atoms in total. The Morgan fingerprint density at radius 3 is 2.77 bits per heavy atom. The average Bonchev–Trinajstić information content (AvgIpc) is 2.56. The van der Waals surface area contributed by atoms with Crippen LogP contribution in [0.15, 0.2) is 24.5 Å². The molecule has 0 bridgehead atoms. The minimum atomic E-state index is -0.556. The third kappa shape index (κ3) is 4.19. The summed E-state index contributed by atoms with van der Waals surface area (Å²) in [6, 6.07) is 3.43. The molecule has 3 N–H and O–H groups in total. The molecule has 1 aliphatic rings. The number of urea groups is 1. The van der Waals surface area contributed by atoms with Gasteiger partial charge in [0.15, 0.2) is 0 Å². The van der Waals surface area contributed by atoms with Crippen molar-refractivity contribution in [3.05, 3.63) is 30.1 Å². The molecule has 0 unspecified atom stereocenters. The lowest BCUT2D eigenvalue weighted by molar-refractivity contribution is 0.101. The van der Waals surface area contributed by atoms with E-state index in [0.717, 1.165) is 18.4 Å². The molecular formula is C17H27N3O2. The molecule has 22 heavy (non-hydrogen) atoms. The molecule has 0 saturated heterocycles. The van der Waals surface area contributed by atoms with Crippen molar-refractivity contribution in [2.75, 3.05) is 6.61 Å². The van der Waals surface area contributed by atoms with Crippen molar-refractivity contribution in [3.8, 4) is 0 Å². The number of nitrogens with one attached hydrogen (secondary N) is 2. The second-order valence-corrected chi connectivity index (χ2v) is 6.52. The Bertz CT molecular complexity index is 474. The van der Waals surface area contributed by atoms with Crippen LogP contribution in [-0.4, -0.2) is 28.3 Å². The lowest BCUT2D eigenvalue weighted by Crippen LogP contribution is -2.57. The number of aliphatic hydroxyl groups is 1. The number of rotatable bonds is 5. The van der Waals surface area contributed by atoms with Crippen molar-refractivity contribution in [2.45, 2.75) is 57.5 Å². The Balaban J connectivity index is 1.94. The highest BCUT2D eigenvalue weighted by Crippen LogP contribution is 2.32. The molecule has 1 fully saturated rings. The van der Waals surface area contributed by atoms with Gasteiger partial charge in [-0.15, -0.1) is 0 Å². The molecule has 0 radical (unpaired) electrons. The first kappa shape index (κ1) is 16.7. The van der Waals surface area contributed by atoms with Gasteiger partial charge < -0.3 is 15.7 Å². The van der Waals surface area contributed by atoms with E-state index in [1.807, 2.05) is 26.0 Å². The molecule has 0 spiro atoms. The highest BCUT2D eigenvalue weighted by atomic mass is 16.3. The van der Waals surface area contributed by atoms with Crippen LogP contribution < -0.4 is 10.6 Å². The maximum Gasteiger partial charge on any atom is 0.315 e. The van der Waals surface area contributed by atoms with Gasteiger partial charge in [0.2, 0.25) is 0 Å². The molecular weight excluding hydrogens is 278 g/mol. The lowest BCUT2D eigenvalue weighted by Gasteiger charge is -2.39. The highest BCUT2D eigenvalue weighted by Gasteiger charge is 2.36. The molecule has 1 heterocycles. The van der Waals surface area contributed by atoms with E-state index in [1.54, 1.807) is 12.4 Å². The van der Waals surface area contributed by atoms with Crippen LogP contribution in [-0.2, 0) is 0 Å². The molecule has 0 aromatic carbocycles. The van der Waals surface area contributed by atoms with Crippen molar-refractivity contribution >= 4 is 6.03 Å². The maximum absolute atomic E-state index is 12.3. The van der Waals surface area contributed by atoms with Gasteiger partial charge in [-0.2, -0.15) is 0 Å². The van der Waals surface area contributed by atoms with Gasteiger partial charge in [0.05, 0.1) is 18.2 Å². The van der Waals surface area contributed by atoms with Gasteiger partial charge >= 0.3 is 6.03 Å². The van der Waals surface area contributed by atoms with E-state index in [-0.39, 0.29) is 18.7 Å². The normalized spacial score (nSPS) is 20.0. The van der Waals surface area contributed by atoms with Crippen molar-refractivity contribution in [3.63, 3.8) is 0 Å². The zero-order valence-electron chi connectivity index (χ0n) is 13.5. The molecule has 1 aromatic rings. The Morgan fingerprint density at radius 1 is 1.45 bits per heavy atom. The number of carbonyl (C=O) groups is 1. The SMILES string of the molecule is C[C@H](NC(=O)N[C@](C)(CO)C1CCCCC1)c1cccnc1. The zero-order valence-corrected chi connectivity index (χ0v) is 13.5. The van der Waals surface area contributed by atoms with E-state index in [0.29, 0.717) is 5.92 Å². The van der Waals surface area contributed by atoms with Gasteiger partial charge in [-0.1, -0.05) is 25.3 Å². The number of pyridine rings is 1. The van der Waals surface area contributed by atoms with Crippen LogP contribution in [0, 0.1) is 5.92 Å². The first-order valence-corrected chi connectivity index (χ1v) is 8.14. The van der Waals surface area contributed by atoms with E-state index in [1.165, 1.54) is 19.3 Å². The first-order chi connectivity index (χ1) is 10.5. The number of aliphatic hydroxyl groups excluding tert-OH is 1. The number of hydrogen-bond acceptors (Lipinski definition) is 3. The van der Waals surface area contributed by atoms with Crippen molar-refractivity contribution in [1.82, 2.24) is 15.6 Å². The number of amides is 2. The Kier molecular flexibility index (Phi) is 5.77. The third-order valence-corrected chi connectivity index (χ3v) is 4.77. The number of carbonyl (C=O) groups excluding carboxylic acids is 1. The van der Waals surface area contributed by atoms with Crippen LogP contribution in [0.5, 0.6) is 0 Å². The quantitative estimate of drug-likeness (QED) is 0.783. The van der Waals surface area contributed by atoms with E-state index in [4.69, 9.17) is 0 Å². The summed E-state index contributed by atoms with van der Waals surface area (Å²) in [4.78, 5) is 16.4. The fourth-order valence-electron chi connectivity index (χ4n) is 3.22. The summed E-state index contributed by atoms with van der Waals surface area (Å²) < 4.78 is 0. The Hall–Kier alpha value is -1.62. The first-order valence-electron chi connectivity index (χ1n) is 8.14. The standard InChI is InChI=1S/C17H27N3O2/c1-13(14-7-6-10-18-11-14)19-16(22)20-17(2,12-21)15-8-4-3-5-9-15/h6-7,10-11,13,15,21H,3-5,8-9,12H2,1-2H3,(H2,19,20,22)/t13-,17+/m0/s1. The monoisotopic (exact) mass is 305 g/mol. The molecule has 2 amide bonds. The van der Waals surface area contributed by atoms with Gasteiger partial charge in [-0.3, -0.25) is 4.98 Å². The Labute approximate surface area is 132 Å². The summed E-state index contributed by atoms with van der Waals surface area (Å²) in [5.41, 5.74) is 0.403. The second-order valence-electron chi connectivity index (χ2n) is 6.52. The van der Waals surface area contributed by atoms with Gasteiger partial charge in [0.1, 0.15) is 0 Å². The molecule has 2 atom stereocenters. The number of aromatic nitrogens is 1. The summed E-state index contributed by atoms with van der Waals surface area (Å²) in [5, 5.41) is 15.7. The maximum atomic E-state index is 12.3. The van der Waals surface area contributed by atoms with E-state index < -0.39 is 5.54 Å². The summed E-state index contributed by atoms with van der Waals surface area (Å²) >= 11 is 0. The number of hydrogen-bond donors (Lipinski definition) is 3. The fourth-order valence-corrected chi connectivity index (χ4v) is 3.22. The fraction of sp³-hybridized carbons (Fsp3) is 0.647. The number of nitrogens with zero attached hydrogens (tertiary/aromatic N) is 1. The van der Waals surface area contributed by atoms with Crippen LogP contribution in [0.4, 0.5) is 4.79 Å². The smallest absolute Gasteiger partial charge is 0.315 e. The molecule has 0 aliphatic heterocycles. The largest absolute Gasteiger partial charge is 0.394 e. The van der Waals surface area contributed by atoms with Crippen molar-refractivity contribution < 1.29 is 9.90 Å². The summed E-state index contributed by atoms with van der Waals surface area (Å²) in [6.45, 7) is 3.83. The summed E-state index contributed by atoms with van der Waals surface area (Å²) in [6.07, 6.45) is 9.19. The van der Waals surface area contributed by atoms with Crippen LogP contribution >= 0.6 is 0 Å². The van der Waals surface area contributed by atoms with Crippen molar-refractivity contribution in [2.24, 2.45) is 5.92 Å². The van der Waals surface area contributed by atoms with Gasteiger partial charge in [0.25, 0.3) is 0 Å². The molecule has 1 aromatic heterocycles. The predicted molar refractivity (Wildman–Crippen MR) is 86.4 cm³/mol. The van der Waals surface area contributed by atoms with E-state index in [9.17, 15) is 9.90 Å². The van der Waals surface area contributed by atoms with Crippen molar-refractivity contribution in [1.29, 1.82) is 0 Å². The average molecular weight is 305 g/mol. The van der Waals surface area contributed by atoms with Gasteiger partial charge in [-0.25, -0.2) is 4.79 Å². The molecule has 122 valence electrons. The van der Waals surface area contributed by atoms with Crippen LogP contribution in [0.2, 0.25) is 0 Å². The van der Waals surface area contributed by atoms with E-state index in [2.05, 4.69) is 15.6 Å².